The molecule has 50 valence electrons. The van der Waals surface area contributed by atoms with Crippen LogP contribution in [-0.2, 0) is 10.0 Å². The highest BCUT2D eigenvalue weighted by Gasteiger charge is 2.04. The Morgan fingerprint density at radius 3 is 2.56 bits per heavy atom. The summed E-state index contributed by atoms with van der Waals surface area (Å²) in [5, 5.41) is 1.02. The van der Waals surface area contributed by atoms with Gasteiger partial charge in [0, 0.05) is 11.9 Å². The van der Waals surface area contributed by atoms with Gasteiger partial charge in [-0.05, 0) is 6.08 Å². The Morgan fingerprint density at radius 2 is 2.22 bits per heavy atom. The average molecular weight is 146 g/mol. The summed E-state index contributed by atoms with van der Waals surface area (Å²) >= 11 is 0. The van der Waals surface area contributed by atoms with Crippen molar-refractivity contribution in [3.05, 3.63) is 23.4 Å². The summed E-state index contributed by atoms with van der Waals surface area (Å²) in [4.78, 5) is 0. The molecule has 1 aliphatic heterocycles. The number of allylic oxidation sites excluding steroid dienone is 1. The second kappa shape index (κ2) is 1.77. The Morgan fingerprint density at radius 1 is 1.56 bits per heavy atom. The molecule has 0 spiro atoms. The zero-order chi connectivity index (χ0) is 6.91. The van der Waals surface area contributed by atoms with E-state index in [4.69, 9.17) is 5.73 Å². The molecule has 1 heterocycles. The van der Waals surface area contributed by atoms with Crippen molar-refractivity contribution in [3.8, 4) is 0 Å². The number of sulfonamides is 1. The molecule has 1 rings (SSSR count). The lowest BCUT2D eigenvalue weighted by molar-refractivity contribution is 0.598. The van der Waals surface area contributed by atoms with Crippen molar-refractivity contribution >= 4 is 10.0 Å². The molecule has 0 radical (unpaired) electrons. The molecular weight excluding hydrogens is 140 g/mol. The average Bonchev–Trinajstić information content (AvgIpc) is 1.78. The molecular formula is C4H6N2O2S. The highest BCUT2D eigenvalue weighted by atomic mass is 32.2. The van der Waals surface area contributed by atoms with Gasteiger partial charge < -0.3 is 5.73 Å². The van der Waals surface area contributed by atoms with E-state index in [9.17, 15) is 8.42 Å². The molecule has 3 N–H and O–H groups in total. The van der Waals surface area contributed by atoms with Crippen molar-refractivity contribution < 1.29 is 8.42 Å². The molecule has 4 nitrogen and oxygen atoms in total. The predicted octanol–water partition coefficient (Wildman–Crippen LogP) is -0.767. The first kappa shape index (κ1) is 6.15. The minimum Gasteiger partial charge on any atom is -0.398 e. The summed E-state index contributed by atoms with van der Waals surface area (Å²) in [6, 6.07) is 0. The number of hydrogen-bond donors (Lipinski definition) is 2. The Bertz CT molecular complexity index is 262. The lowest BCUT2D eigenvalue weighted by atomic mass is 10.5. The van der Waals surface area contributed by atoms with Crippen LogP contribution in [0.2, 0.25) is 0 Å². The van der Waals surface area contributed by atoms with E-state index >= 15 is 0 Å². The topological polar surface area (TPSA) is 72.2 Å². The van der Waals surface area contributed by atoms with E-state index in [1.54, 1.807) is 0 Å². The third-order valence-electron chi connectivity index (χ3n) is 0.830. The molecule has 0 bridgehead atoms. The van der Waals surface area contributed by atoms with Crippen LogP contribution in [-0.4, -0.2) is 8.42 Å². The summed E-state index contributed by atoms with van der Waals surface area (Å²) in [7, 11) is -3.20. The second-order valence-electron chi connectivity index (χ2n) is 1.61. The minimum atomic E-state index is -3.20. The fourth-order valence-corrected chi connectivity index (χ4v) is 1.12. The van der Waals surface area contributed by atoms with E-state index in [1.807, 2.05) is 0 Å². The minimum absolute atomic E-state index is 0.407. The lowest BCUT2D eigenvalue weighted by Crippen LogP contribution is -2.19. The van der Waals surface area contributed by atoms with Gasteiger partial charge in [-0.25, -0.2) is 8.42 Å². The van der Waals surface area contributed by atoms with Crippen molar-refractivity contribution in [1.82, 2.24) is 4.72 Å². The van der Waals surface area contributed by atoms with Crippen LogP contribution in [0.5, 0.6) is 0 Å². The Balaban J connectivity index is 2.95. The monoisotopic (exact) mass is 146 g/mol. The van der Waals surface area contributed by atoms with Gasteiger partial charge in [0.2, 0.25) is 0 Å². The van der Waals surface area contributed by atoms with Crippen LogP contribution in [0.25, 0.3) is 0 Å². The summed E-state index contributed by atoms with van der Waals surface area (Å²) < 4.78 is 23.1. The quantitative estimate of drug-likeness (QED) is 0.471. The molecule has 0 fully saturated rings. The first-order chi connectivity index (χ1) is 4.10. The molecule has 0 atom stereocenters. The van der Waals surface area contributed by atoms with E-state index in [0.717, 1.165) is 5.41 Å². The van der Waals surface area contributed by atoms with Gasteiger partial charge in [0.15, 0.2) is 0 Å². The van der Waals surface area contributed by atoms with E-state index in [0.29, 0.717) is 5.70 Å². The fourth-order valence-electron chi connectivity index (χ4n) is 0.406. The van der Waals surface area contributed by atoms with Gasteiger partial charge in [-0.1, -0.05) is 0 Å². The number of rotatable bonds is 0. The van der Waals surface area contributed by atoms with Gasteiger partial charge in [-0.2, -0.15) is 0 Å². The molecule has 0 aromatic carbocycles. The van der Waals surface area contributed by atoms with Gasteiger partial charge in [-0.3, -0.25) is 4.72 Å². The maximum absolute atomic E-state index is 10.5. The predicted molar refractivity (Wildman–Crippen MR) is 33.5 cm³/mol. The molecule has 5 heteroatoms. The Labute approximate surface area is 53.1 Å². The standard InChI is InChI=1S/C4H6N2O2S/c5-4-1-2-9(7,8)6-3-4/h1-3,6H,5H2. The van der Waals surface area contributed by atoms with Crippen LogP contribution in [0.1, 0.15) is 0 Å². The first-order valence-corrected chi connectivity index (χ1v) is 3.81. The molecule has 0 aliphatic carbocycles. The molecule has 0 aromatic heterocycles. The second-order valence-corrected chi connectivity index (χ2v) is 3.21. The number of nitrogens with two attached hydrogens (primary N) is 1. The van der Waals surface area contributed by atoms with Crippen LogP contribution >= 0.6 is 0 Å². The zero-order valence-corrected chi connectivity index (χ0v) is 5.35. The van der Waals surface area contributed by atoms with Gasteiger partial charge in [0.1, 0.15) is 0 Å². The highest BCUT2D eigenvalue weighted by Crippen LogP contribution is 1.97. The normalized spacial score (nSPS) is 22.4. The van der Waals surface area contributed by atoms with Crippen LogP contribution in [0.15, 0.2) is 23.4 Å². The molecule has 9 heavy (non-hydrogen) atoms. The molecule has 1 aliphatic rings. The van der Waals surface area contributed by atoms with E-state index in [1.165, 1.54) is 12.3 Å². The maximum Gasteiger partial charge on any atom is 0.254 e. The third kappa shape index (κ3) is 1.46. The van der Waals surface area contributed by atoms with Crippen LogP contribution in [0.3, 0.4) is 0 Å². The van der Waals surface area contributed by atoms with E-state index in [-0.39, 0.29) is 0 Å². The van der Waals surface area contributed by atoms with Gasteiger partial charge in [-0.15, -0.1) is 0 Å². The van der Waals surface area contributed by atoms with Gasteiger partial charge in [0.25, 0.3) is 10.0 Å². The van der Waals surface area contributed by atoms with Crippen LogP contribution < -0.4 is 10.5 Å². The number of hydrogen-bond acceptors (Lipinski definition) is 3. The lowest BCUT2D eigenvalue weighted by Gasteiger charge is -2.02. The Hall–Kier alpha value is -0.970. The molecule has 0 aromatic rings. The van der Waals surface area contributed by atoms with Crippen molar-refractivity contribution in [3.63, 3.8) is 0 Å². The summed E-state index contributed by atoms with van der Waals surface area (Å²) in [6.45, 7) is 0. The summed E-state index contributed by atoms with van der Waals surface area (Å²) in [5.41, 5.74) is 5.61. The third-order valence-corrected chi connectivity index (χ3v) is 1.77. The molecule has 0 amide bonds. The van der Waals surface area contributed by atoms with Crippen molar-refractivity contribution in [2.45, 2.75) is 0 Å². The van der Waals surface area contributed by atoms with Crippen LogP contribution in [0, 0.1) is 0 Å². The van der Waals surface area contributed by atoms with Crippen LogP contribution in [0.4, 0.5) is 0 Å². The SMILES string of the molecule is NC1=CNS(=O)(=O)C=C1. The molecule has 0 saturated carbocycles. The fraction of sp³-hybridized carbons (Fsp3) is 0. The van der Waals surface area contributed by atoms with Crippen molar-refractivity contribution in [2.75, 3.05) is 0 Å². The zero-order valence-electron chi connectivity index (χ0n) is 4.53. The maximum atomic E-state index is 10.5. The number of nitrogens with one attached hydrogen (secondary N) is 1. The van der Waals surface area contributed by atoms with E-state index in [2.05, 4.69) is 4.72 Å². The van der Waals surface area contributed by atoms with Crippen molar-refractivity contribution in [2.24, 2.45) is 5.73 Å². The van der Waals surface area contributed by atoms with E-state index < -0.39 is 10.0 Å². The molecule has 0 saturated heterocycles. The largest absolute Gasteiger partial charge is 0.398 e. The first-order valence-electron chi connectivity index (χ1n) is 2.26. The molecule has 0 unspecified atom stereocenters. The summed E-state index contributed by atoms with van der Waals surface area (Å²) in [6.07, 6.45) is 2.56. The smallest absolute Gasteiger partial charge is 0.254 e. The van der Waals surface area contributed by atoms with Crippen molar-refractivity contribution in [1.29, 1.82) is 0 Å². The van der Waals surface area contributed by atoms with Gasteiger partial charge >= 0.3 is 0 Å². The highest BCUT2D eigenvalue weighted by molar-refractivity contribution is 7.92. The Kier molecular flexibility index (Phi) is 1.21. The summed E-state index contributed by atoms with van der Waals surface area (Å²) in [5.74, 6) is 0. The van der Waals surface area contributed by atoms with Gasteiger partial charge in [0.05, 0.1) is 5.41 Å².